The van der Waals surface area contributed by atoms with E-state index in [0.29, 0.717) is 6.42 Å². The van der Waals surface area contributed by atoms with Gasteiger partial charge in [-0.15, -0.1) is 0 Å². The van der Waals surface area contributed by atoms with Gasteiger partial charge in [-0.1, -0.05) is 26.2 Å². The highest BCUT2D eigenvalue weighted by molar-refractivity contribution is 4.57. The maximum absolute atomic E-state index is 12.1. The Hall–Kier alpha value is -0.140. The van der Waals surface area contributed by atoms with Crippen LogP contribution in [0.1, 0.15) is 39.0 Å². The maximum atomic E-state index is 12.1. The number of halogens is 2. The van der Waals surface area contributed by atoms with Crippen molar-refractivity contribution in [1.82, 2.24) is 0 Å². The van der Waals surface area contributed by atoms with Gasteiger partial charge >= 0.3 is 0 Å². The molecule has 0 rings (SSSR count). The van der Waals surface area contributed by atoms with E-state index >= 15 is 0 Å². The largest absolute Gasteiger partial charge is 0.245 e. The van der Waals surface area contributed by atoms with Crippen molar-refractivity contribution in [3.63, 3.8) is 0 Å². The molecule has 0 aliphatic rings. The van der Waals surface area contributed by atoms with Crippen molar-refractivity contribution in [2.75, 3.05) is 0 Å². The molecule has 0 unspecified atom stereocenters. The molecule has 0 atom stereocenters. The third-order valence-electron chi connectivity index (χ3n) is 1.37. The maximum Gasteiger partial charge on any atom is 0.245 e. The highest BCUT2D eigenvalue weighted by Crippen LogP contribution is 2.20. The molecular formula is C8H15F2. The van der Waals surface area contributed by atoms with Gasteiger partial charge in [-0.3, -0.25) is 0 Å². The lowest BCUT2D eigenvalue weighted by Crippen LogP contribution is -2.08. The van der Waals surface area contributed by atoms with Crippen LogP contribution < -0.4 is 0 Å². The quantitative estimate of drug-likeness (QED) is 0.525. The minimum atomic E-state index is -2.47. The van der Waals surface area contributed by atoms with Gasteiger partial charge in [0.15, 0.2) is 0 Å². The third kappa shape index (κ3) is 7.86. The Morgan fingerprint density at radius 3 is 2.20 bits per heavy atom. The van der Waals surface area contributed by atoms with Gasteiger partial charge in [-0.25, -0.2) is 8.78 Å². The predicted molar refractivity (Wildman–Crippen MR) is 39.1 cm³/mol. The minimum Gasteiger partial charge on any atom is -0.207 e. The summed E-state index contributed by atoms with van der Waals surface area (Å²) in [7, 11) is 0. The molecule has 0 N–H and O–H groups in total. The van der Waals surface area contributed by atoms with Crippen molar-refractivity contribution < 1.29 is 8.78 Å². The second-order valence-corrected chi connectivity index (χ2v) is 2.73. The van der Waals surface area contributed by atoms with Crippen LogP contribution in [0.15, 0.2) is 0 Å². The van der Waals surface area contributed by atoms with Gasteiger partial charge in [-0.05, 0) is 13.3 Å². The lowest BCUT2D eigenvalue weighted by molar-refractivity contribution is 0.0104. The van der Waals surface area contributed by atoms with Crippen LogP contribution in [0.4, 0.5) is 8.78 Å². The molecule has 0 nitrogen and oxygen atoms in total. The fourth-order valence-electron chi connectivity index (χ4n) is 0.789. The summed E-state index contributed by atoms with van der Waals surface area (Å²) in [6, 6.07) is 0. The van der Waals surface area contributed by atoms with Crippen molar-refractivity contribution in [2.24, 2.45) is 0 Å². The van der Waals surface area contributed by atoms with E-state index in [9.17, 15) is 8.78 Å². The first-order valence-electron chi connectivity index (χ1n) is 3.73. The van der Waals surface area contributed by atoms with Crippen molar-refractivity contribution in [3.05, 3.63) is 6.92 Å². The molecule has 0 aromatic carbocycles. The van der Waals surface area contributed by atoms with Crippen LogP contribution in [0.5, 0.6) is 0 Å². The van der Waals surface area contributed by atoms with Crippen LogP contribution in [0.2, 0.25) is 0 Å². The van der Waals surface area contributed by atoms with Crippen LogP contribution >= 0.6 is 0 Å². The number of hydrogen-bond donors (Lipinski definition) is 0. The Morgan fingerprint density at radius 2 is 1.80 bits per heavy atom. The van der Waals surface area contributed by atoms with E-state index in [2.05, 4.69) is 6.92 Å². The van der Waals surface area contributed by atoms with Crippen molar-refractivity contribution in [2.45, 2.75) is 45.0 Å². The predicted octanol–water partition coefficient (Wildman–Crippen LogP) is 3.43. The SMILES string of the molecule is [CH2]CCCCCC(C)(F)F. The molecule has 2 heteroatoms. The summed E-state index contributed by atoms with van der Waals surface area (Å²) in [6.45, 7) is 4.60. The van der Waals surface area contributed by atoms with Gasteiger partial charge < -0.3 is 0 Å². The number of rotatable bonds is 5. The van der Waals surface area contributed by atoms with Gasteiger partial charge in [0.2, 0.25) is 5.92 Å². The molecule has 0 aliphatic carbocycles. The van der Waals surface area contributed by atoms with Crippen LogP contribution in [0.3, 0.4) is 0 Å². The van der Waals surface area contributed by atoms with E-state index in [4.69, 9.17) is 0 Å². The second-order valence-electron chi connectivity index (χ2n) is 2.73. The third-order valence-corrected chi connectivity index (χ3v) is 1.37. The Labute approximate surface area is 61.6 Å². The van der Waals surface area contributed by atoms with E-state index in [-0.39, 0.29) is 6.42 Å². The van der Waals surface area contributed by atoms with Gasteiger partial charge in [-0.2, -0.15) is 0 Å². The Balaban J connectivity index is 3.04. The Kier molecular flexibility index (Phi) is 4.58. The molecule has 0 aromatic rings. The summed E-state index contributed by atoms with van der Waals surface area (Å²) in [4.78, 5) is 0. The standard InChI is InChI=1S/C8H15F2/c1-3-4-5-6-7-8(2,9)10/h1,3-7H2,2H3. The zero-order chi connectivity index (χ0) is 8.04. The Bertz CT molecular complexity index is 73.8. The topological polar surface area (TPSA) is 0 Å². The average Bonchev–Trinajstić information content (AvgIpc) is 1.78. The van der Waals surface area contributed by atoms with Crippen LogP contribution in [0, 0.1) is 6.92 Å². The summed E-state index contributed by atoms with van der Waals surface area (Å²) >= 11 is 0. The highest BCUT2D eigenvalue weighted by Gasteiger charge is 2.19. The number of hydrogen-bond acceptors (Lipinski definition) is 0. The molecular weight excluding hydrogens is 134 g/mol. The molecule has 0 bridgehead atoms. The van der Waals surface area contributed by atoms with E-state index in [1.54, 1.807) is 0 Å². The van der Waals surface area contributed by atoms with Crippen molar-refractivity contribution >= 4 is 0 Å². The summed E-state index contributed by atoms with van der Waals surface area (Å²) in [6.07, 6.45) is 3.35. The molecule has 1 radical (unpaired) electrons. The monoisotopic (exact) mass is 149 g/mol. The molecule has 0 aromatic heterocycles. The molecule has 0 saturated carbocycles. The Morgan fingerprint density at radius 1 is 1.20 bits per heavy atom. The molecule has 0 amide bonds. The lowest BCUT2D eigenvalue weighted by Gasteiger charge is -2.08. The summed E-state index contributed by atoms with van der Waals surface area (Å²) < 4.78 is 24.3. The molecule has 0 saturated heterocycles. The fraction of sp³-hybridized carbons (Fsp3) is 0.875. The summed E-state index contributed by atoms with van der Waals surface area (Å²) in [5.41, 5.74) is 0. The van der Waals surface area contributed by atoms with Crippen molar-refractivity contribution in [3.8, 4) is 0 Å². The molecule has 0 heterocycles. The van der Waals surface area contributed by atoms with E-state index in [1.807, 2.05) is 0 Å². The number of unbranched alkanes of at least 4 members (excludes halogenated alkanes) is 3. The van der Waals surface area contributed by atoms with Gasteiger partial charge in [0.1, 0.15) is 0 Å². The fourth-order valence-corrected chi connectivity index (χ4v) is 0.789. The molecule has 10 heavy (non-hydrogen) atoms. The first kappa shape index (κ1) is 9.86. The van der Waals surface area contributed by atoms with E-state index in [0.717, 1.165) is 26.2 Å². The normalized spacial score (nSPS) is 12.0. The van der Waals surface area contributed by atoms with E-state index < -0.39 is 5.92 Å². The van der Waals surface area contributed by atoms with E-state index in [1.165, 1.54) is 0 Å². The minimum absolute atomic E-state index is 0.0208. The smallest absolute Gasteiger partial charge is 0.207 e. The second kappa shape index (κ2) is 4.64. The molecule has 0 fully saturated rings. The summed E-state index contributed by atoms with van der Waals surface area (Å²) in [5.74, 6) is -2.47. The zero-order valence-electron chi connectivity index (χ0n) is 6.50. The van der Waals surface area contributed by atoms with Crippen LogP contribution in [-0.4, -0.2) is 5.92 Å². The highest BCUT2D eigenvalue weighted by atomic mass is 19.3. The van der Waals surface area contributed by atoms with Gasteiger partial charge in [0.05, 0.1) is 0 Å². The van der Waals surface area contributed by atoms with Crippen LogP contribution in [-0.2, 0) is 0 Å². The molecule has 0 aliphatic heterocycles. The molecule has 61 valence electrons. The van der Waals surface area contributed by atoms with Crippen LogP contribution in [0.25, 0.3) is 0 Å². The van der Waals surface area contributed by atoms with Gasteiger partial charge in [0.25, 0.3) is 0 Å². The lowest BCUT2D eigenvalue weighted by atomic mass is 10.1. The first-order chi connectivity index (χ1) is 4.56. The molecule has 0 spiro atoms. The number of alkyl halides is 2. The van der Waals surface area contributed by atoms with Crippen molar-refractivity contribution in [1.29, 1.82) is 0 Å². The first-order valence-corrected chi connectivity index (χ1v) is 3.73. The van der Waals surface area contributed by atoms with Gasteiger partial charge in [0, 0.05) is 6.42 Å². The average molecular weight is 149 g/mol. The zero-order valence-corrected chi connectivity index (χ0v) is 6.50. The summed E-state index contributed by atoms with van der Waals surface area (Å²) in [5, 5.41) is 0.